The standard InChI is InChI=1S/C36H27Cl2N3O5S2/c1-20-14-25-15-23(11-13-29(25)46-20)32(42)30-31(22-8-5-9-27(16-22)45-18-21-6-3-2-4-7-21)41(34(44)33(30)43)35-39-40-36(48-35)47-19-24-10-12-26(37)17-28(24)38/h2-13,15-17,20,31,42H,14,18-19H2,1H3/b32-30+/t20-,31+/m0/s1. The van der Waals surface area contributed by atoms with Gasteiger partial charge in [0.15, 0.2) is 4.34 Å². The number of Topliss-reactive ketones (excluding diaryl/α,β-unsaturated/α-hetero) is 1. The number of nitrogens with zero attached hydrogens (tertiary/aromatic N) is 3. The molecule has 1 fully saturated rings. The fourth-order valence-corrected chi connectivity index (χ4v) is 8.15. The Balaban J connectivity index is 1.25. The van der Waals surface area contributed by atoms with Gasteiger partial charge in [0.1, 0.15) is 30.0 Å². The Morgan fingerprint density at radius 1 is 1.02 bits per heavy atom. The van der Waals surface area contributed by atoms with Gasteiger partial charge in [-0.05, 0) is 71.6 Å². The fraction of sp³-hybridized carbons (Fsp3) is 0.167. The second-order valence-corrected chi connectivity index (χ2v) is 14.4. The second kappa shape index (κ2) is 13.6. The van der Waals surface area contributed by atoms with Crippen LogP contribution < -0.4 is 14.4 Å². The first-order valence-electron chi connectivity index (χ1n) is 15.0. The van der Waals surface area contributed by atoms with Gasteiger partial charge in [-0.3, -0.25) is 14.5 Å². The lowest BCUT2D eigenvalue weighted by Gasteiger charge is -2.23. The van der Waals surface area contributed by atoms with E-state index in [0.717, 1.165) is 22.4 Å². The molecule has 0 saturated carbocycles. The minimum absolute atomic E-state index is 0.00166. The van der Waals surface area contributed by atoms with Crippen molar-refractivity contribution in [2.45, 2.75) is 42.2 Å². The van der Waals surface area contributed by atoms with Gasteiger partial charge in [-0.15, -0.1) is 10.2 Å². The van der Waals surface area contributed by atoms with Crippen LogP contribution >= 0.6 is 46.3 Å². The molecule has 7 rings (SSSR count). The summed E-state index contributed by atoms with van der Waals surface area (Å²) >= 11 is 15.0. The third-order valence-electron chi connectivity index (χ3n) is 8.00. The lowest BCUT2D eigenvalue weighted by Crippen LogP contribution is -2.29. The van der Waals surface area contributed by atoms with Gasteiger partial charge >= 0.3 is 5.91 Å². The minimum atomic E-state index is -0.995. The molecule has 5 aromatic rings. The van der Waals surface area contributed by atoms with Crippen molar-refractivity contribution in [2.75, 3.05) is 4.90 Å². The maximum atomic E-state index is 13.8. The first-order chi connectivity index (χ1) is 23.2. The SMILES string of the molecule is C[C@H]1Cc2cc(/C(O)=C3\C(=O)C(=O)N(c4nnc(SCc5ccc(Cl)cc5Cl)s4)[C@@H]3c3cccc(OCc4ccccc4)c3)ccc2O1. The van der Waals surface area contributed by atoms with Crippen molar-refractivity contribution in [3.8, 4) is 11.5 Å². The molecule has 2 atom stereocenters. The average molecular weight is 717 g/mol. The van der Waals surface area contributed by atoms with E-state index in [-0.39, 0.29) is 22.6 Å². The Morgan fingerprint density at radius 2 is 1.85 bits per heavy atom. The third kappa shape index (κ3) is 6.53. The van der Waals surface area contributed by atoms with Crippen LogP contribution in [0.5, 0.6) is 11.5 Å². The molecular formula is C36H27Cl2N3O5S2. The number of hydrogen-bond acceptors (Lipinski definition) is 9. The number of halogens is 2. The number of rotatable bonds is 9. The Bertz CT molecular complexity index is 2070. The van der Waals surface area contributed by atoms with E-state index < -0.39 is 17.7 Å². The van der Waals surface area contributed by atoms with Crippen LogP contribution in [0.1, 0.15) is 40.8 Å². The number of carbonyl (C=O) groups excluding carboxylic acids is 2. The monoisotopic (exact) mass is 715 g/mol. The number of amides is 1. The van der Waals surface area contributed by atoms with Gasteiger partial charge in [0, 0.05) is 27.8 Å². The lowest BCUT2D eigenvalue weighted by atomic mass is 9.94. The zero-order chi connectivity index (χ0) is 33.4. The molecule has 242 valence electrons. The Labute approximate surface area is 294 Å². The number of ketones is 1. The van der Waals surface area contributed by atoms with Crippen molar-refractivity contribution in [2.24, 2.45) is 0 Å². The van der Waals surface area contributed by atoms with Crippen LogP contribution in [0.15, 0.2) is 101 Å². The summed E-state index contributed by atoms with van der Waals surface area (Å²) < 4.78 is 12.5. The highest BCUT2D eigenvalue weighted by molar-refractivity contribution is 8.00. The molecule has 4 aromatic carbocycles. The van der Waals surface area contributed by atoms with Gasteiger partial charge in [-0.2, -0.15) is 0 Å². The van der Waals surface area contributed by atoms with E-state index in [2.05, 4.69) is 10.2 Å². The number of aliphatic hydroxyl groups excluding tert-OH is 1. The van der Waals surface area contributed by atoms with Crippen LogP contribution in [0.3, 0.4) is 0 Å². The molecule has 12 heteroatoms. The zero-order valence-corrected chi connectivity index (χ0v) is 28.6. The molecule has 48 heavy (non-hydrogen) atoms. The van der Waals surface area contributed by atoms with Gasteiger partial charge in [0.2, 0.25) is 5.13 Å². The number of aliphatic hydroxyl groups is 1. The Kier molecular flexibility index (Phi) is 9.15. The van der Waals surface area contributed by atoms with E-state index in [1.807, 2.05) is 49.4 Å². The maximum Gasteiger partial charge on any atom is 0.301 e. The van der Waals surface area contributed by atoms with Crippen LogP contribution in [0, 0.1) is 0 Å². The Hall–Kier alpha value is -4.35. The molecule has 1 aromatic heterocycles. The van der Waals surface area contributed by atoms with Gasteiger partial charge < -0.3 is 14.6 Å². The Morgan fingerprint density at radius 3 is 2.67 bits per heavy atom. The maximum absolute atomic E-state index is 13.8. The quantitative estimate of drug-likeness (QED) is 0.0532. The highest BCUT2D eigenvalue weighted by Crippen LogP contribution is 2.45. The van der Waals surface area contributed by atoms with Gasteiger partial charge in [-0.25, -0.2) is 0 Å². The molecular weight excluding hydrogens is 689 g/mol. The minimum Gasteiger partial charge on any atom is -0.507 e. The molecule has 1 N–H and O–H groups in total. The van der Waals surface area contributed by atoms with Gasteiger partial charge in [-0.1, -0.05) is 94.8 Å². The van der Waals surface area contributed by atoms with Crippen molar-refractivity contribution >= 4 is 68.9 Å². The van der Waals surface area contributed by atoms with E-state index in [1.54, 1.807) is 48.5 Å². The van der Waals surface area contributed by atoms with Crippen LogP contribution in [-0.2, 0) is 28.4 Å². The van der Waals surface area contributed by atoms with E-state index in [4.69, 9.17) is 32.7 Å². The van der Waals surface area contributed by atoms with Crippen LogP contribution in [0.4, 0.5) is 5.13 Å². The molecule has 0 radical (unpaired) electrons. The molecule has 3 heterocycles. The molecule has 2 aliphatic rings. The first kappa shape index (κ1) is 32.2. The smallest absolute Gasteiger partial charge is 0.301 e. The van der Waals surface area contributed by atoms with E-state index in [0.29, 0.717) is 50.0 Å². The normalized spacial score (nSPS) is 18.2. The molecule has 0 spiro atoms. The molecule has 2 aliphatic heterocycles. The summed E-state index contributed by atoms with van der Waals surface area (Å²) in [6.07, 6.45) is 0.670. The molecule has 8 nitrogen and oxygen atoms in total. The van der Waals surface area contributed by atoms with Crippen molar-refractivity contribution in [1.29, 1.82) is 0 Å². The van der Waals surface area contributed by atoms with Gasteiger partial charge in [0.05, 0.1) is 11.6 Å². The molecule has 0 bridgehead atoms. The molecule has 0 unspecified atom stereocenters. The highest BCUT2D eigenvalue weighted by atomic mass is 35.5. The number of hydrogen-bond donors (Lipinski definition) is 1. The highest BCUT2D eigenvalue weighted by Gasteiger charge is 2.48. The summed E-state index contributed by atoms with van der Waals surface area (Å²) in [6, 6.07) is 26.5. The molecule has 1 amide bonds. The van der Waals surface area contributed by atoms with Crippen molar-refractivity contribution < 1.29 is 24.2 Å². The zero-order valence-electron chi connectivity index (χ0n) is 25.4. The molecule has 1 saturated heterocycles. The number of benzene rings is 4. The van der Waals surface area contributed by atoms with Crippen molar-refractivity contribution in [3.05, 3.63) is 134 Å². The molecule has 0 aliphatic carbocycles. The number of thioether (sulfide) groups is 1. The summed E-state index contributed by atoms with van der Waals surface area (Å²) in [6.45, 7) is 2.30. The number of ether oxygens (including phenoxy) is 2. The van der Waals surface area contributed by atoms with Gasteiger partial charge in [0.25, 0.3) is 5.78 Å². The summed E-state index contributed by atoms with van der Waals surface area (Å²) in [7, 11) is 0. The van der Waals surface area contributed by atoms with E-state index in [9.17, 15) is 14.7 Å². The van der Waals surface area contributed by atoms with Crippen LogP contribution in [0.2, 0.25) is 10.0 Å². The third-order valence-corrected chi connectivity index (χ3v) is 10.7. The van der Waals surface area contributed by atoms with Crippen molar-refractivity contribution in [3.63, 3.8) is 0 Å². The van der Waals surface area contributed by atoms with E-state index in [1.165, 1.54) is 28.0 Å². The lowest BCUT2D eigenvalue weighted by molar-refractivity contribution is -0.132. The summed E-state index contributed by atoms with van der Waals surface area (Å²) in [4.78, 5) is 28.9. The van der Waals surface area contributed by atoms with E-state index >= 15 is 0 Å². The van der Waals surface area contributed by atoms with Crippen LogP contribution in [-0.4, -0.2) is 33.1 Å². The topological polar surface area (TPSA) is 102 Å². The predicted octanol–water partition coefficient (Wildman–Crippen LogP) is 8.67. The summed E-state index contributed by atoms with van der Waals surface area (Å²) in [5.74, 6) is -0.152. The fourth-order valence-electron chi connectivity index (χ4n) is 5.72. The predicted molar refractivity (Wildman–Crippen MR) is 188 cm³/mol. The largest absolute Gasteiger partial charge is 0.507 e. The first-order valence-corrected chi connectivity index (χ1v) is 17.6. The number of anilines is 1. The van der Waals surface area contributed by atoms with Crippen molar-refractivity contribution in [1.82, 2.24) is 10.2 Å². The average Bonchev–Trinajstić information content (AvgIpc) is 3.78. The second-order valence-electron chi connectivity index (χ2n) is 11.3. The number of fused-ring (bicyclic) bond motifs is 1. The van der Waals surface area contributed by atoms with Crippen LogP contribution in [0.25, 0.3) is 5.76 Å². The summed E-state index contributed by atoms with van der Waals surface area (Å²) in [5.41, 5.74) is 3.70. The summed E-state index contributed by atoms with van der Waals surface area (Å²) in [5, 5.41) is 21.7. The number of carbonyl (C=O) groups is 2. The number of aromatic nitrogens is 2.